The van der Waals surface area contributed by atoms with E-state index < -0.39 is 0 Å². The number of aryl methyl sites for hydroxylation is 1. The van der Waals surface area contributed by atoms with Gasteiger partial charge in [-0.1, -0.05) is 30.3 Å². The number of ether oxygens (including phenoxy) is 1. The zero-order chi connectivity index (χ0) is 21.6. The monoisotopic (exact) mass is 437 g/mol. The van der Waals surface area contributed by atoms with Crippen molar-refractivity contribution in [1.82, 2.24) is 0 Å². The van der Waals surface area contributed by atoms with E-state index in [4.69, 9.17) is 4.74 Å². The van der Waals surface area contributed by atoms with Crippen LogP contribution >= 0.6 is 11.3 Å². The van der Waals surface area contributed by atoms with Crippen LogP contribution in [0.15, 0.2) is 30.3 Å². The molecule has 4 saturated carbocycles. The second-order valence-corrected chi connectivity index (χ2v) is 11.2. The maximum absolute atomic E-state index is 13.2. The van der Waals surface area contributed by atoms with Crippen molar-refractivity contribution < 1.29 is 14.3 Å². The van der Waals surface area contributed by atoms with E-state index in [1.54, 1.807) is 0 Å². The minimum absolute atomic E-state index is 0.0494. The van der Waals surface area contributed by atoms with Gasteiger partial charge in [0, 0.05) is 16.9 Å². The summed E-state index contributed by atoms with van der Waals surface area (Å²) in [6, 6.07) is 9.89. The Balaban J connectivity index is 1.41. The first-order chi connectivity index (χ1) is 15.0. The van der Waals surface area contributed by atoms with Gasteiger partial charge in [0.2, 0.25) is 5.91 Å². The van der Waals surface area contributed by atoms with Gasteiger partial charge in [-0.25, -0.2) is 4.79 Å². The number of nitrogens with one attached hydrogen (secondary N) is 1. The van der Waals surface area contributed by atoms with Crippen LogP contribution in [-0.4, -0.2) is 18.5 Å². The number of thiophene rings is 1. The third-order valence-corrected chi connectivity index (χ3v) is 8.60. The summed E-state index contributed by atoms with van der Waals surface area (Å²) in [5, 5.41) is 3.76. The molecule has 4 aliphatic carbocycles. The predicted octanol–water partition coefficient (Wildman–Crippen LogP) is 6.45. The van der Waals surface area contributed by atoms with Crippen LogP contribution in [0.1, 0.15) is 67.1 Å². The fourth-order valence-corrected chi connectivity index (χ4v) is 8.08. The van der Waals surface area contributed by atoms with Gasteiger partial charge in [-0.2, -0.15) is 0 Å². The molecule has 1 heterocycles. The Bertz CT molecular complexity index is 958. The van der Waals surface area contributed by atoms with Crippen molar-refractivity contribution in [3.8, 4) is 11.1 Å². The fourth-order valence-electron chi connectivity index (χ4n) is 7.00. The van der Waals surface area contributed by atoms with E-state index in [1.807, 2.05) is 44.2 Å². The summed E-state index contributed by atoms with van der Waals surface area (Å²) in [5.74, 6) is 2.15. The zero-order valence-electron chi connectivity index (χ0n) is 18.4. The summed E-state index contributed by atoms with van der Waals surface area (Å²) in [6.07, 6.45) is 8.31. The van der Waals surface area contributed by atoms with Crippen LogP contribution in [0.3, 0.4) is 0 Å². The number of carbonyl (C=O) groups excluding carboxylic acids is 2. The van der Waals surface area contributed by atoms with Crippen molar-refractivity contribution in [2.45, 2.75) is 58.8 Å². The molecule has 31 heavy (non-hydrogen) atoms. The van der Waals surface area contributed by atoms with Gasteiger partial charge in [-0.05, 0) is 81.1 Å². The summed E-state index contributed by atoms with van der Waals surface area (Å²) in [6.45, 7) is 4.12. The van der Waals surface area contributed by atoms with Crippen LogP contribution in [0.2, 0.25) is 0 Å². The van der Waals surface area contributed by atoms with Crippen molar-refractivity contribution in [2.75, 3.05) is 11.9 Å². The highest BCUT2D eigenvalue weighted by Crippen LogP contribution is 2.61. The van der Waals surface area contributed by atoms with Gasteiger partial charge in [0.1, 0.15) is 10.6 Å². The van der Waals surface area contributed by atoms with Crippen LogP contribution in [0, 0.1) is 30.1 Å². The molecule has 4 bridgehead atoms. The molecular weight excluding hydrogens is 406 g/mol. The molecule has 1 N–H and O–H groups in total. The van der Waals surface area contributed by atoms with Gasteiger partial charge in [0.25, 0.3) is 0 Å². The molecule has 1 aromatic heterocycles. The zero-order valence-corrected chi connectivity index (χ0v) is 19.2. The highest BCUT2D eigenvalue weighted by Gasteiger charge is 2.51. The number of anilines is 1. The Hall–Kier alpha value is -2.14. The van der Waals surface area contributed by atoms with Gasteiger partial charge in [0.15, 0.2) is 0 Å². The number of hydrogen-bond acceptors (Lipinski definition) is 4. The molecule has 0 radical (unpaired) electrons. The van der Waals surface area contributed by atoms with E-state index in [0.29, 0.717) is 23.6 Å². The number of amides is 1. The average molecular weight is 438 g/mol. The highest BCUT2D eigenvalue weighted by molar-refractivity contribution is 7.17. The maximum Gasteiger partial charge on any atom is 0.341 e. The maximum atomic E-state index is 13.2. The fraction of sp³-hybridized carbons (Fsp3) is 0.538. The average Bonchev–Trinajstić information content (AvgIpc) is 3.02. The van der Waals surface area contributed by atoms with Crippen molar-refractivity contribution >= 4 is 28.2 Å². The predicted molar refractivity (Wildman–Crippen MR) is 124 cm³/mol. The molecule has 1 aromatic carbocycles. The van der Waals surface area contributed by atoms with E-state index in [9.17, 15) is 9.59 Å². The Morgan fingerprint density at radius 1 is 1.06 bits per heavy atom. The summed E-state index contributed by atoms with van der Waals surface area (Å²) >= 11 is 1.48. The molecule has 0 unspecified atom stereocenters. The number of benzene rings is 1. The molecule has 4 aliphatic rings. The van der Waals surface area contributed by atoms with Crippen LogP contribution in [0.4, 0.5) is 5.00 Å². The van der Waals surface area contributed by atoms with Crippen LogP contribution < -0.4 is 5.32 Å². The van der Waals surface area contributed by atoms with Crippen molar-refractivity contribution in [1.29, 1.82) is 0 Å². The highest BCUT2D eigenvalue weighted by atomic mass is 32.1. The third-order valence-electron chi connectivity index (χ3n) is 7.58. The van der Waals surface area contributed by atoms with Crippen molar-refractivity contribution in [3.63, 3.8) is 0 Å². The lowest BCUT2D eigenvalue weighted by atomic mass is 9.49. The molecule has 5 heteroatoms. The lowest BCUT2D eigenvalue weighted by molar-refractivity contribution is -0.124. The standard InChI is InChI=1S/C26H31NO3S/c1-3-30-25(29)23-22(20-7-5-4-6-8-20)16(2)31-24(23)27-21(28)15-26-12-17-9-18(13-26)11-19(10-17)14-26/h4-8,17-19H,3,9-15H2,1-2H3,(H,27,28). The lowest BCUT2D eigenvalue weighted by Crippen LogP contribution is -2.47. The second kappa shape index (κ2) is 8.09. The quantitative estimate of drug-likeness (QED) is 0.529. The van der Waals surface area contributed by atoms with Crippen molar-refractivity contribution in [3.05, 3.63) is 40.8 Å². The smallest absolute Gasteiger partial charge is 0.341 e. The van der Waals surface area contributed by atoms with Gasteiger partial charge in [-0.15, -0.1) is 11.3 Å². The van der Waals surface area contributed by atoms with Crippen LogP contribution in [0.5, 0.6) is 0 Å². The molecule has 0 atom stereocenters. The molecule has 4 nitrogen and oxygen atoms in total. The van der Waals surface area contributed by atoms with Crippen LogP contribution in [-0.2, 0) is 9.53 Å². The molecule has 4 fully saturated rings. The molecule has 6 rings (SSSR count). The molecule has 164 valence electrons. The number of esters is 1. The molecule has 0 saturated heterocycles. The van der Waals surface area contributed by atoms with Gasteiger partial charge >= 0.3 is 5.97 Å². The largest absolute Gasteiger partial charge is 0.462 e. The van der Waals surface area contributed by atoms with Crippen molar-refractivity contribution in [2.24, 2.45) is 23.2 Å². The summed E-state index contributed by atoms with van der Waals surface area (Å²) in [7, 11) is 0. The summed E-state index contributed by atoms with van der Waals surface area (Å²) in [5.41, 5.74) is 2.52. The number of rotatable bonds is 6. The Morgan fingerprint density at radius 3 is 2.26 bits per heavy atom. The van der Waals surface area contributed by atoms with E-state index in [0.717, 1.165) is 33.8 Å². The van der Waals surface area contributed by atoms with E-state index in [-0.39, 0.29) is 17.3 Å². The Labute approximate surface area is 188 Å². The van der Waals surface area contributed by atoms with Gasteiger partial charge in [-0.3, -0.25) is 4.79 Å². The molecular formula is C26H31NO3S. The summed E-state index contributed by atoms with van der Waals surface area (Å²) in [4.78, 5) is 27.1. The second-order valence-electron chi connectivity index (χ2n) is 9.97. The van der Waals surface area contributed by atoms with E-state index in [1.165, 1.54) is 49.9 Å². The molecule has 1 amide bonds. The SMILES string of the molecule is CCOC(=O)c1c(NC(=O)CC23CC4CC(CC(C4)C2)C3)sc(C)c1-c1ccccc1. The lowest BCUT2D eigenvalue weighted by Gasteiger charge is -2.56. The minimum Gasteiger partial charge on any atom is -0.462 e. The van der Waals surface area contributed by atoms with E-state index in [2.05, 4.69) is 5.32 Å². The normalized spacial score (nSPS) is 28.5. The topological polar surface area (TPSA) is 55.4 Å². The third kappa shape index (κ3) is 3.93. The van der Waals surface area contributed by atoms with Gasteiger partial charge in [0.05, 0.1) is 6.61 Å². The number of hydrogen-bond donors (Lipinski definition) is 1. The molecule has 0 spiro atoms. The first-order valence-corrected chi connectivity index (χ1v) is 12.4. The van der Waals surface area contributed by atoms with E-state index >= 15 is 0 Å². The van der Waals surface area contributed by atoms with Gasteiger partial charge < -0.3 is 10.1 Å². The van der Waals surface area contributed by atoms with Crippen LogP contribution in [0.25, 0.3) is 11.1 Å². The summed E-state index contributed by atoms with van der Waals surface area (Å²) < 4.78 is 5.38. The first-order valence-electron chi connectivity index (χ1n) is 11.6. The molecule has 2 aromatic rings. The Kier molecular flexibility index (Phi) is 5.41. The number of carbonyl (C=O) groups is 2. The minimum atomic E-state index is -0.365. The Morgan fingerprint density at radius 2 is 1.68 bits per heavy atom. The first kappa shape index (κ1) is 20.7. The molecule has 0 aliphatic heterocycles.